The summed E-state index contributed by atoms with van der Waals surface area (Å²) < 4.78 is 17.7. The second-order valence-electron chi connectivity index (χ2n) is 12.5. The van der Waals surface area contributed by atoms with Crippen LogP contribution in [0.3, 0.4) is 0 Å². The number of anilines is 1. The molecular formula is C32H41N7O9. The van der Waals surface area contributed by atoms with Gasteiger partial charge in [0.1, 0.15) is 22.6 Å². The standard InChI is InChI=1S/C32H41N7O9/c1-31(2,3)47-29(44)37-27(33)38(30(45)48-32(4,5)6)15-8-16-46-22-12-10-21-11-13-23(26(42)39(21)19-22)35-28(43)36-24(17-25(40)41)20-9-7-14-34-18-20/h7,9-14,18-19,24H,8,15-17H2,1-6H3,(H,40,41)(H2,33,37,44)(H2,35,36,43). The predicted octanol–water partition coefficient (Wildman–Crippen LogP) is 4.29. The number of fused-ring (bicyclic) bond motifs is 1. The van der Waals surface area contributed by atoms with Crippen LogP contribution in [-0.4, -0.2) is 73.9 Å². The Morgan fingerprint density at radius 3 is 2.35 bits per heavy atom. The number of nitrogens with zero attached hydrogens (tertiary/aromatic N) is 4. The maximum Gasteiger partial charge on any atom is 0.437 e. The van der Waals surface area contributed by atoms with Crippen molar-refractivity contribution in [3.63, 3.8) is 0 Å². The van der Waals surface area contributed by atoms with Crippen LogP contribution in [0.15, 0.2) is 64.8 Å². The number of carboxylic acids is 1. The summed E-state index contributed by atoms with van der Waals surface area (Å²) in [6, 6.07) is 7.92. The third kappa shape index (κ3) is 11.6. The van der Waals surface area contributed by atoms with E-state index in [1.165, 1.54) is 29.1 Å². The molecule has 0 radical (unpaired) electrons. The average molecular weight is 668 g/mol. The van der Waals surface area contributed by atoms with Crippen LogP contribution in [0.4, 0.5) is 20.1 Å². The summed E-state index contributed by atoms with van der Waals surface area (Å²) in [5.74, 6) is -1.23. The number of amides is 4. The molecule has 0 aliphatic carbocycles. The van der Waals surface area contributed by atoms with Gasteiger partial charge < -0.3 is 35.7 Å². The first-order chi connectivity index (χ1) is 22.4. The molecule has 3 heterocycles. The van der Waals surface area contributed by atoms with Crippen molar-refractivity contribution in [3.05, 3.63) is 70.9 Å². The minimum atomic E-state index is -1.13. The fourth-order valence-electron chi connectivity index (χ4n) is 4.15. The first-order valence-corrected chi connectivity index (χ1v) is 15.0. The van der Waals surface area contributed by atoms with Gasteiger partial charge in [-0.1, -0.05) is 6.07 Å². The van der Waals surface area contributed by atoms with Crippen LogP contribution in [0.25, 0.3) is 5.52 Å². The summed E-state index contributed by atoms with van der Waals surface area (Å²) in [5, 5.41) is 14.3. The highest BCUT2D eigenvalue weighted by molar-refractivity contribution is 5.98. The number of pyridine rings is 3. The number of aliphatic imine (C=N–C) groups is 1. The van der Waals surface area contributed by atoms with Gasteiger partial charge in [0.05, 0.1) is 25.3 Å². The fourth-order valence-corrected chi connectivity index (χ4v) is 4.15. The smallest absolute Gasteiger partial charge is 0.437 e. The van der Waals surface area contributed by atoms with Gasteiger partial charge >= 0.3 is 24.2 Å². The van der Waals surface area contributed by atoms with Crippen LogP contribution in [0.5, 0.6) is 5.75 Å². The highest BCUT2D eigenvalue weighted by atomic mass is 16.6. The van der Waals surface area contributed by atoms with E-state index in [9.17, 15) is 29.1 Å². The van der Waals surface area contributed by atoms with E-state index in [1.54, 1.807) is 71.9 Å². The molecule has 1 atom stereocenters. The highest BCUT2D eigenvalue weighted by Crippen LogP contribution is 2.18. The normalized spacial score (nSPS) is 12.5. The molecular weight excluding hydrogens is 626 g/mol. The van der Waals surface area contributed by atoms with E-state index in [2.05, 4.69) is 20.6 Å². The largest absolute Gasteiger partial charge is 0.492 e. The van der Waals surface area contributed by atoms with E-state index in [0.717, 1.165) is 4.90 Å². The van der Waals surface area contributed by atoms with E-state index in [1.807, 2.05) is 0 Å². The molecule has 3 rings (SSSR count). The Morgan fingerprint density at radius 2 is 1.73 bits per heavy atom. The van der Waals surface area contributed by atoms with Gasteiger partial charge in [0.25, 0.3) is 5.56 Å². The Bertz CT molecular complexity index is 1710. The quantitative estimate of drug-likeness (QED) is 0.136. The van der Waals surface area contributed by atoms with E-state index in [0.29, 0.717) is 16.8 Å². The van der Waals surface area contributed by atoms with Gasteiger partial charge in [-0.3, -0.25) is 19.0 Å². The van der Waals surface area contributed by atoms with E-state index in [4.69, 9.17) is 19.9 Å². The zero-order valence-corrected chi connectivity index (χ0v) is 27.7. The molecule has 16 nitrogen and oxygen atoms in total. The number of carbonyl (C=O) groups is 4. The van der Waals surface area contributed by atoms with Crippen LogP contribution in [-0.2, 0) is 14.3 Å². The lowest BCUT2D eigenvalue weighted by Crippen LogP contribution is -2.46. The van der Waals surface area contributed by atoms with Gasteiger partial charge in [-0.15, -0.1) is 4.99 Å². The lowest BCUT2D eigenvalue weighted by atomic mass is 10.1. The molecule has 0 saturated carbocycles. The molecule has 5 N–H and O–H groups in total. The first-order valence-electron chi connectivity index (χ1n) is 15.0. The van der Waals surface area contributed by atoms with Crippen LogP contribution >= 0.6 is 0 Å². The molecule has 3 aromatic heterocycles. The summed E-state index contributed by atoms with van der Waals surface area (Å²) in [6.45, 7) is 10.1. The number of aliphatic carboxylic acids is 1. The van der Waals surface area contributed by atoms with Crippen molar-refractivity contribution in [3.8, 4) is 5.75 Å². The average Bonchev–Trinajstić information content (AvgIpc) is 2.96. The summed E-state index contributed by atoms with van der Waals surface area (Å²) in [6.07, 6.45) is 2.46. The van der Waals surface area contributed by atoms with Gasteiger partial charge in [0.15, 0.2) is 0 Å². The summed E-state index contributed by atoms with van der Waals surface area (Å²) in [5.41, 5.74) is 4.70. The number of aromatic nitrogens is 2. The molecule has 0 fully saturated rings. The number of nitrogens with two attached hydrogens (primary N) is 1. The monoisotopic (exact) mass is 667 g/mol. The van der Waals surface area contributed by atoms with Crippen molar-refractivity contribution in [1.82, 2.24) is 19.6 Å². The molecule has 3 aromatic rings. The number of hydrogen-bond donors (Lipinski definition) is 4. The Balaban J connectivity index is 1.69. The molecule has 0 aliphatic heterocycles. The van der Waals surface area contributed by atoms with Crippen molar-refractivity contribution < 1.29 is 38.5 Å². The number of nitrogens with one attached hydrogen (secondary N) is 2. The molecule has 258 valence electrons. The summed E-state index contributed by atoms with van der Waals surface area (Å²) in [4.78, 5) is 71.1. The van der Waals surface area contributed by atoms with Crippen molar-refractivity contribution in [2.45, 2.75) is 71.6 Å². The number of carbonyl (C=O) groups excluding carboxylic acids is 3. The second kappa shape index (κ2) is 15.8. The van der Waals surface area contributed by atoms with Gasteiger partial charge in [-0.05, 0) is 83.9 Å². The Kier molecular flexibility index (Phi) is 12.1. The molecule has 1 unspecified atom stereocenters. The van der Waals surface area contributed by atoms with Crippen LogP contribution in [0.1, 0.15) is 66.0 Å². The number of rotatable bonds is 10. The first kappa shape index (κ1) is 36.8. The molecule has 4 amide bonds. The third-order valence-electron chi connectivity index (χ3n) is 6.13. The van der Waals surface area contributed by atoms with Gasteiger partial charge in [0, 0.05) is 24.5 Å². The minimum Gasteiger partial charge on any atom is -0.492 e. The maximum atomic E-state index is 13.2. The third-order valence-corrected chi connectivity index (χ3v) is 6.13. The lowest BCUT2D eigenvalue weighted by molar-refractivity contribution is -0.137. The van der Waals surface area contributed by atoms with Crippen LogP contribution < -0.4 is 26.7 Å². The number of urea groups is 1. The Hall–Kier alpha value is -5.67. The zero-order chi connectivity index (χ0) is 35.6. The van der Waals surface area contributed by atoms with Gasteiger partial charge in [-0.25, -0.2) is 19.3 Å². The van der Waals surface area contributed by atoms with Gasteiger partial charge in [-0.2, -0.15) is 0 Å². The fraction of sp³-hybridized carbons (Fsp3) is 0.406. The molecule has 0 spiro atoms. The SMILES string of the molecule is CC(C)(C)OC(=O)/N=C(\N)N(CCCOc1ccc2ccc(NC(=O)NC(CC(=O)O)c3cccnc3)c(=O)n2c1)C(=O)OC(C)(C)C. The number of hydrogen-bond acceptors (Lipinski definition) is 9. The van der Waals surface area contributed by atoms with E-state index >= 15 is 0 Å². The van der Waals surface area contributed by atoms with Crippen LogP contribution in [0.2, 0.25) is 0 Å². The zero-order valence-electron chi connectivity index (χ0n) is 27.7. The van der Waals surface area contributed by atoms with Crippen molar-refractivity contribution >= 4 is 41.4 Å². The van der Waals surface area contributed by atoms with E-state index < -0.39 is 59.4 Å². The Morgan fingerprint density at radius 1 is 1.04 bits per heavy atom. The topological polar surface area (TPSA) is 216 Å². The summed E-state index contributed by atoms with van der Waals surface area (Å²) >= 11 is 0. The number of carboxylic acid groups (broad SMARTS) is 1. The van der Waals surface area contributed by atoms with Crippen molar-refractivity contribution in [2.75, 3.05) is 18.5 Å². The minimum absolute atomic E-state index is 0.0222. The molecule has 0 aromatic carbocycles. The maximum absolute atomic E-state index is 13.2. The Labute approximate surface area is 276 Å². The van der Waals surface area contributed by atoms with Gasteiger partial charge in [0.2, 0.25) is 5.96 Å². The number of guanidine groups is 1. The molecule has 0 aliphatic rings. The predicted molar refractivity (Wildman–Crippen MR) is 176 cm³/mol. The van der Waals surface area contributed by atoms with Crippen molar-refractivity contribution in [2.24, 2.45) is 10.7 Å². The van der Waals surface area contributed by atoms with Crippen molar-refractivity contribution in [1.29, 1.82) is 0 Å². The molecule has 0 bridgehead atoms. The molecule has 16 heteroatoms. The second-order valence-corrected chi connectivity index (χ2v) is 12.5. The highest BCUT2D eigenvalue weighted by Gasteiger charge is 2.26. The molecule has 0 saturated heterocycles. The van der Waals surface area contributed by atoms with Crippen LogP contribution in [0, 0.1) is 0 Å². The molecule has 48 heavy (non-hydrogen) atoms. The summed E-state index contributed by atoms with van der Waals surface area (Å²) in [7, 11) is 0. The number of ether oxygens (including phenoxy) is 3. The van der Waals surface area contributed by atoms with E-state index in [-0.39, 0.29) is 25.3 Å². The lowest BCUT2D eigenvalue weighted by Gasteiger charge is -2.26.